The van der Waals surface area contributed by atoms with Gasteiger partial charge in [-0.05, 0) is 105 Å². The highest BCUT2D eigenvalue weighted by Crippen LogP contribution is 2.45. The molecule has 0 saturated carbocycles. The van der Waals surface area contributed by atoms with Gasteiger partial charge in [-0.15, -0.1) is 0 Å². The number of piperidine rings is 1. The number of carbonyl (C=O) groups is 2. The molecule has 2 aromatic carbocycles. The molecule has 12 nitrogen and oxygen atoms in total. The van der Waals surface area contributed by atoms with E-state index in [1.54, 1.807) is 31.7 Å². The molecular formula is C38H44ClF2N7O5S. The molecule has 5 saturated heterocycles. The number of thiazole rings is 1. The average Bonchev–Trinajstić information content (AvgIpc) is 3.78. The van der Waals surface area contributed by atoms with Crippen molar-refractivity contribution in [3.63, 3.8) is 0 Å². The predicted molar refractivity (Wildman–Crippen MR) is 204 cm³/mol. The smallest absolute Gasteiger partial charge is 0.413 e. The van der Waals surface area contributed by atoms with Crippen molar-refractivity contribution in [3.8, 4) is 17.1 Å². The highest BCUT2D eigenvalue weighted by Gasteiger charge is 2.50. The predicted octanol–water partition coefficient (Wildman–Crippen LogP) is 8.39. The largest absolute Gasteiger partial charge is 0.461 e. The van der Waals surface area contributed by atoms with Gasteiger partial charge in [-0.3, -0.25) is 15.1 Å². The number of piperazine rings is 1. The van der Waals surface area contributed by atoms with Crippen molar-refractivity contribution in [2.75, 3.05) is 43.0 Å². The number of benzene rings is 2. The first kappa shape index (κ1) is 36.9. The van der Waals surface area contributed by atoms with Crippen LogP contribution in [0, 0.1) is 11.6 Å². The van der Waals surface area contributed by atoms with Crippen LogP contribution in [0.15, 0.2) is 18.2 Å². The molecule has 0 radical (unpaired) electrons. The lowest BCUT2D eigenvalue weighted by molar-refractivity contribution is -0.0380. The number of carbonyl (C=O) groups excluding carboxylic acids is 2. The highest BCUT2D eigenvalue weighted by atomic mass is 35.5. The van der Waals surface area contributed by atoms with Gasteiger partial charge >= 0.3 is 18.2 Å². The zero-order valence-corrected chi connectivity index (χ0v) is 32.8. The third kappa shape index (κ3) is 6.76. The second-order valence-electron chi connectivity index (χ2n) is 16.7. The van der Waals surface area contributed by atoms with E-state index in [0.29, 0.717) is 30.9 Å². The van der Waals surface area contributed by atoms with E-state index in [4.69, 9.17) is 30.8 Å². The Hall–Kier alpha value is -4.08. The van der Waals surface area contributed by atoms with Gasteiger partial charge in [-0.25, -0.2) is 23.4 Å². The number of hydrogen-bond donors (Lipinski definition) is 1. The van der Waals surface area contributed by atoms with E-state index in [0.717, 1.165) is 56.5 Å². The van der Waals surface area contributed by atoms with E-state index in [1.807, 2.05) is 25.7 Å². The minimum absolute atomic E-state index is 0.00958. The number of nitrogens with zero attached hydrogens (tertiary/aromatic N) is 6. The molecule has 9 rings (SSSR count). The minimum atomic E-state index is -0.762. The lowest BCUT2D eigenvalue weighted by Gasteiger charge is -2.56. The van der Waals surface area contributed by atoms with E-state index in [1.165, 1.54) is 12.1 Å². The van der Waals surface area contributed by atoms with Crippen molar-refractivity contribution >= 4 is 67.2 Å². The Labute approximate surface area is 321 Å². The van der Waals surface area contributed by atoms with Gasteiger partial charge < -0.3 is 19.1 Å². The van der Waals surface area contributed by atoms with E-state index >= 15 is 8.78 Å². The molecule has 4 aromatic rings. The van der Waals surface area contributed by atoms with Crippen LogP contribution in [0.5, 0.6) is 6.01 Å². The number of rotatable bonds is 6. The molecule has 5 aliphatic rings. The average molecular weight is 784 g/mol. The van der Waals surface area contributed by atoms with Gasteiger partial charge in [0.05, 0.1) is 32.9 Å². The summed E-state index contributed by atoms with van der Waals surface area (Å²) in [6.07, 6.45) is 3.91. The number of nitrogens with one attached hydrogen (secondary N) is 1. The van der Waals surface area contributed by atoms with Crippen LogP contribution in [-0.2, 0) is 9.47 Å². The van der Waals surface area contributed by atoms with Crippen LogP contribution in [0.1, 0.15) is 73.6 Å². The topological polar surface area (TPSA) is 122 Å². The quantitative estimate of drug-likeness (QED) is 0.204. The fourth-order valence-electron chi connectivity index (χ4n) is 8.39. The first-order valence-corrected chi connectivity index (χ1v) is 19.6. The lowest BCUT2D eigenvalue weighted by Crippen LogP contribution is -2.70. The fourth-order valence-corrected chi connectivity index (χ4v) is 9.57. The van der Waals surface area contributed by atoms with Crippen molar-refractivity contribution in [3.05, 3.63) is 34.9 Å². The Kier molecular flexibility index (Phi) is 9.08. The maximum Gasteiger partial charge on any atom is 0.413 e. The highest BCUT2D eigenvalue weighted by molar-refractivity contribution is 7.22. The van der Waals surface area contributed by atoms with E-state index in [2.05, 4.69) is 20.2 Å². The van der Waals surface area contributed by atoms with Gasteiger partial charge in [-0.2, -0.15) is 9.97 Å². The van der Waals surface area contributed by atoms with Gasteiger partial charge in [0.1, 0.15) is 35.0 Å². The van der Waals surface area contributed by atoms with Crippen LogP contribution in [0.25, 0.3) is 32.2 Å². The van der Waals surface area contributed by atoms with Gasteiger partial charge in [0.2, 0.25) is 0 Å². The summed E-state index contributed by atoms with van der Waals surface area (Å²) in [5.74, 6) is -0.875. The number of amides is 2. The summed E-state index contributed by atoms with van der Waals surface area (Å²) >= 11 is 7.84. The zero-order chi connectivity index (χ0) is 38.3. The third-order valence-corrected chi connectivity index (χ3v) is 11.9. The monoisotopic (exact) mass is 783 g/mol. The molecule has 2 atom stereocenters. The van der Waals surface area contributed by atoms with Crippen LogP contribution in [0.2, 0.25) is 5.02 Å². The molecule has 288 valence electrons. The third-order valence-electron chi connectivity index (χ3n) is 10.6. The summed E-state index contributed by atoms with van der Waals surface area (Å²) in [6.45, 7) is 14.0. The Morgan fingerprint density at radius 1 is 0.981 bits per heavy atom. The van der Waals surface area contributed by atoms with E-state index in [-0.39, 0.29) is 66.7 Å². The number of fused-ring (bicyclic) bond motifs is 5. The summed E-state index contributed by atoms with van der Waals surface area (Å²) < 4.78 is 49.9. The maximum atomic E-state index is 17.2. The van der Waals surface area contributed by atoms with Gasteiger partial charge in [0.15, 0.2) is 10.9 Å². The number of hydrogen-bond acceptors (Lipinski definition) is 11. The molecule has 2 amide bonds. The first-order chi connectivity index (χ1) is 25.5. The molecule has 0 spiro atoms. The molecule has 5 fully saturated rings. The number of anilines is 2. The molecular weight excluding hydrogens is 740 g/mol. The van der Waals surface area contributed by atoms with Crippen LogP contribution < -0.4 is 15.0 Å². The first-order valence-electron chi connectivity index (χ1n) is 18.4. The Morgan fingerprint density at radius 2 is 1.67 bits per heavy atom. The Morgan fingerprint density at radius 3 is 2.33 bits per heavy atom. The van der Waals surface area contributed by atoms with Crippen LogP contribution in [0.3, 0.4) is 0 Å². The normalized spacial score (nSPS) is 21.0. The fraction of sp³-hybridized carbons (Fsp3) is 0.553. The minimum Gasteiger partial charge on any atom is -0.461 e. The van der Waals surface area contributed by atoms with Gasteiger partial charge in [0, 0.05) is 29.6 Å². The zero-order valence-electron chi connectivity index (χ0n) is 31.2. The molecule has 16 heteroatoms. The summed E-state index contributed by atoms with van der Waals surface area (Å²) in [6, 6.07) is 4.08. The van der Waals surface area contributed by atoms with Gasteiger partial charge in [0.25, 0.3) is 0 Å². The summed E-state index contributed by atoms with van der Waals surface area (Å²) in [7, 11) is 0. The second kappa shape index (κ2) is 13.3. The second-order valence-corrected chi connectivity index (χ2v) is 18.1. The van der Waals surface area contributed by atoms with Crippen molar-refractivity contribution in [1.82, 2.24) is 24.8 Å². The summed E-state index contributed by atoms with van der Waals surface area (Å²) in [5, 5.41) is 3.07. The SMILES string of the molecule is CC(C)(C)OC(=O)Nc1nc2c(-c3c(Cl)cc4c(N5CC6CC(C5)N6C(=O)OC(C)(C)C)nc(OCC56CCCN5CCC6)nc4c3F)ccc(F)c2s1. The number of ether oxygens (including phenoxy) is 3. The van der Waals surface area contributed by atoms with E-state index < -0.39 is 28.9 Å². The number of halogens is 3. The van der Waals surface area contributed by atoms with Crippen molar-refractivity contribution in [2.45, 2.75) is 102 Å². The Bertz CT molecular complexity index is 2150. The molecule has 5 aliphatic heterocycles. The maximum absolute atomic E-state index is 17.2. The molecule has 7 heterocycles. The molecule has 1 N–H and O–H groups in total. The summed E-state index contributed by atoms with van der Waals surface area (Å²) in [5.41, 5.74) is -1.17. The van der Waals surface area contributed by atoms with Crippen molar-refractivity contribution in [1.29, 1.82) is 0 Å². The molecule has 54 heavy (non-hydrogen) atoms. The molecule has 2 bridgehead atoms. The number of aromatic nitrogens is 3. The van der Waals surface area contributed by atoms with Crippen LogP contribution in [0.4, 0.5) is 29.3 Å². The lowest BCUT2D eigenvalue weighted by atomic mass is 9.88. The standard InChI is InChI=1S/C38H44ClF2N7O5S/c1-36(2,3)52-34(49)45-33-43-29-22(9-10-25(40)30(29)54-33)26-24(39)16-23-28(27(26)41)42-32(51-19-38-11-7-13-47(38)14-8-12-38)44-31(23)46-17-20-15-21(18-46)48(20)35(50)53-37(4,5)6/h9-10,16,20-21H,7-8,11-15,17-19H2,1-6H3,(H,43,45,49). The molecule has 2 aromatic heterocycles. The van der Waals surface area contributed by atoms with E-state index in [9.17, 15) is 9.59 Å². The summed E-state index contributed by atoms with van der Waals surface area (Å²) in [4.78, 5) is 45.9. The van der Waals surface area contributed by atoms with Crippen LogP contribution in [-0.4, -0.2) is 98.5 Å². The van der Waals surface area contributed by atoms with Crippen molar-refractivity contribution < 1.29 is 32.6 Å². The van der Waals surface area contributed by atoms with Crippen LogP contribution >= 0.6 is 22.9 Å². The molecule has 2 unspecified atom stereocenters. The molecule has 0 aliphatic carbocycles. The Balaban J connectivity index is 1.19. The van der Waals surface area contributed by atoms with Crippen molar-refractivity contribution in [2.24, 2.45) is 0 Å². The van der Waals surface area contributed by atoms with Gasteiger partial charge in [-0.1, -0.05) is 22.9 Å².